The van der Waals surface area contributed by atoms with Crippen LogP contribution in [0.25, 0.3) is 0 Å². The van der Waals surface area contributed by atoms with Gasteiger partial charge >= 0.3 is 15.6 Å². The maximum Gasteiger partial charge on any atom is 0.523 e. The molecule has 0 rings (SSSR count). The Bertz CT molecular complexity index is 418. The average molecular weight is 310 g/mol. The van der Waals surface area contributed by atoms with E-state index >= 15 is 0 Å². The standard InChI is InChI=1S/C9H17F3O4S2/c1-8(2,3)7(13)6-17(4,5)16-18(14,15)9(10,11)12/h6H2,1-5H3. The minimum Gasteiger partial charge on any atom is -0.298 e. The molecule has 0 N–H and O–H groups in total. The van der Waals surface area contributed by atoms with Crippen LogP contribution in [0.2, 0.25) is 0 Å². The van der Waals surface area contributed by atoms with Crippen LogP contribution in [-0.4, -0.2) is 38.0 Å². The van der Waals surface area contributed by atoms with Crippen LogP contribution in [0.1, 0.15) is 20.8 Å². The molecule has 0 aromatic rings. The third-order valence-electron chi connectivity index (χ3n) is 1.87. The lowest BCUT2D eigenvalue weighted by Gasteiger charge is -2.31. The van der Waals surface area contributed by atoms with Gasteiger partial charge in [0.1, 0.15) is 5.78 Å². The highest BCUT2D eigenvalue weighted by Crippen LogP contribution is 2.47. The van der Waals surface area contributed by atoms with Gasteiger partial charge in [0.2, 0.25) is 0 Å². The molecule has 0 bridgehead atoms. The molecule has 0 aromatic carbocycles. The van der Waals surface area contributed by atoms with Crippen LogP contribution in [0, 0.1) is 5.41 Å². The number of carbonyl (C=O) groups excluding carboxylic acids is 1. The van der Waals surface area contributed by atoms with Crippen molar-refractivity contribution in [3.05, 3.63) is 0 Å². The summed E-state index contributed by atoms with van der Waals surface area (Å²) in [7, 11) is -8.32. The maximum absolute atomic E-state index is 12.2. The first-order valence-electron chi connectivity index (χ1n) is 4.85. The van der Waals surface area contributed by atoms with E-state index in [-0.39, 0.29) is 11.5 Å². The molecule has 0 amide bonds. The summed E-state index contributed by atoms with van der Waals surface area (Å²) in [5, 5.41) is 0. The smallest absolute Gasteiger partial charge is 0.298 e. The Morgan fingerprint density at radius 3 is 1.78 bits per heavy atom. The van der Waals surface area contributed by atoms with Crippen molar-refractivity contribution in [1.82, 2.24) is 0 Å². The van der Waals surface area contributed by atoms with E-state index in [1.54, 1.807) is 20.8 Å². The summed E-state index contributed by atoms with van der Waals surface area (Å²) in [6, 6.07) is 0. The van der Waals surface area contributed by atoms with Crippen LogP contribution in [0.4, 0.5) is 13.2 Å². The molecule has 0 spiro atoms. The molecule has 0 unspecified atom stereocenters. The van der Waals surface area contributed by atoms with E-state index in [1.807, 2.05) is 0 Å². The molecule has 0 aliphatic heterocycles. The molecular weight excluding hydrogens is 293 g/mol. The average Bonchev–Trinajstić information content (AvgIpc) is 1.95. The number of ketones is 1. The summed E-state index contributed by atoms with van der Waals surface area (Å²) in [5.74, 6) is -0.689. The Morgan fingerprint density at radius 2 is 1.50 bits per heavy atom. The highest BCUT2D eigenvalue weighted by Gasteiger charge is 2.50. The first-order chi connectivity index (χ1) is 7.58. The summed E-state index contributed by atoms with van der Waals surface area (Å²) in [4.78, 5) is 11.7. The van der Waals surface area contributed by atoms with Crippen molar-refractivity contribution in [3.8, 4) is 0 Å². The first-order valence-corrected chi connectivity index (χ1v) is 8.80. The maximum atomic E-state index is 12.2. The van der Waals surface area contributed by atoms with Gasteiger partial charge in [-0.1, -0.05) is 20.8 Å². The molecule has 18 heavy (non-hydrogen) atoms. The van der Waals surface area contributed by atoms with Crippen molar-refractivity contribution in [2.24, 2.45) is 5.41 Å². The van der Waals surface area contributed by atoms with Gasteiger partial charge < -0.3 is 0 Å². The molecule has 9 heteroatoms. The van der Waals surface area contributed by atoms with Crippen LogP contribution in [-0.2, 0) is 18.5 Å². The highest BCUT2D eigenvalue weighted by atomic mass is 32.3. The Balaban J connectivity index is 4.96. The highest BCUT2D eigenvalue weighted by molar-refractivity contribution is 8.32. The zero-order valence-electron chi connectivity index (χ0n) is 10.8. The normalized spacial score (nSPS) is 15.6. The third kappa shape index (κ3) is 5.15. The number of alkyl halides is 3. The molecule has 0 aromatic heterocycles. The second-order valence-electron chi connectivity index (χ2n) is 5.22. The fourth-order valence-corrected chi connectivity index (χ4v) is 4.34. The Morgan fingerprint density at radius 1 is 1.11 bits per heavy atom. The quantitative estimate of drug-likeness (QED) is 0.748. The Kier molecular flexibility index (Phi) is 4.93. The number of hydrogen-bond acceptors (Lipinski definition) is 4. The second-order valence-corrected chi connectivity index (χ2v) is 10.3. The minimum absolute atomic E-state index is 0.341. The number of carbonyl (C=O) groups is 1. The van der Waals surface area contributed by atoms with Crippen molar-refractivity contribution in [1.29, 1.82) is 0 Å². The van der Waals surface area contributed by atoms with Gasteiger partial charge in [0, 0.05) is 5.41 Å². The topological polar surface area (TPSA) is 60.4 Å². The molecule has 4 nitrogen and oxygen atoms in total. The lowest BCUT2D eigenvalue weighted by molar-refractivity contribution is -0.123. The molecular formula is C9H17F3O4S2. The van der Waals surface area contributed by atoms with Crippen LogP contribution in [0.3, 0.4) is 0 Å². The van der Waals surface area contributed by atoms with Crippen LogP contribution in [0.15, 0.2) is 0 Å². The largest absolute Gasteiger partial charge is 0.523 e. The SMILES string of the molecule is CC(C)(C)C(=O)CS(C)(C)OS(=O)(=O)C(F)(F)F. The van der Waals surface area contributed by atoms with E-state index in [9.17, 15) is 26.4 Å². The molecule has 0 fully saturated rings. The van der Waals surface area contributed by atoms with E-state index in [4.69, 9.17) is 0 Å². The summed E-state index contributed by atoms with van der Waals surface area (Å²) >= 11 is 0. The number of Topliss-reactive ketones (excluding diaryl/α,β-unsaturated/α-hetero) is 1. The third-order valence-corrected chi connectivity index (χ3v) is 5.59. The van der Waals surface area contributed by atoms with Gasteiger partial charge in [-0.05, 0) is 12.5 Å². The lowest BCUT2D eigenvalue weighted by Crippen LogP contribution is -2.31. The van der Waals surface area contributed by atoms with E-state index in [0.29, 0.717) is 0 Å². The van der Waals surface area contributed by atoms with Crippen molar-refractivity contribution >= 4 is 26.2 Å². The lowest BCUT2D eigenvalue weighted by atomic mass is 9.92. The molecule has 0 heterocycles. The zero-order valence-corrected chi connectivity index (χ0v) is 12.4. The summed E-state index contributed by atoms with van der Waals surface area (Å²) in [6.07, 6.45) is 2.42. The zero-order chi connectivity index (χ0) is 15.0. The molecule has 110 valence electrons. The van der Waals surface area contributed by atoms with Crippen molar-refractivity contribution in [2.45, 2.75) is 26.3 Å². The van der Waals surface area contributed by atoms with Crippen LogP contribution in [0.5, 0.6) is 0 Å². The van der Waals surface area contributed by atoms with E-state index in [1.165, 1.54) is 12.5 Å². The Hall–Kier alpha value is -0.280. The van der Waals surface area contributed by atoms with E-state index in [2.05, 4.69) is 3.63 Å². The monoisotopic (exact) mass is 310 g/mol. The molecule has 0 aliphatic carbocycles. The molecule has 0 saturated carbocycles. The first kappa shape index (κ1) is 17.7. The summed E-state index contributed by atoms with van der Waals surface area (Å²) in [5.41, 5.74) is -6.22. The van der Waals surface area contributed by atoms with Gasteiger partial charge in [-0.15, -0.1) is 10.3 Å². The molecule has 0 atom stereocenters. The van der Waals surface area contributed by atoms with E-state index < -0.39 is 31.4 Å². The Labute approximate surface area is 107 Å². The molecule has 0 aliphatic rings. The molecule has 0 radical (unpaired) electrons. The van der Waals surface area contributed by atoms with Crippen molar-refractivity contribution in [3.63, 3.8) is 0 Å². The predicted octanol–water partition coefficient (Wildman–Crippen LogP) is 2.45. The number of halogens is 3. The second kappa shape index (κ2) is 5.01. The number of hydrogen-bond donors (Lipinski definition) is 0. The van der Waals surface area contributed by atoms with Crippen LogP contribution < -0.4 is 0 Å². The van der Waals surface area contributed by atoms with Gasteiger partial charge in [0.15, 0.2) is 0 Å². The fraction of sp³-hybridized carbons (Fsp3) is 0.889. The van der Waals surface area contributed by atoms with Crippen LogP contribution >= 0.6 is 10.3 Å². The minimum atomic E-state index is -5.66. The van der Waals surface area contributed by atoms with Crippen molar-refractivity contribution < 1.29 is 30.0 Å². The van der Waals surface area contributed by atoms with Gasteiger partial charge in [-0.25, -0.2) is 3.63 Å². The van der Waals surface area contributed by atoms with Gasteiger partial charge in [-0.2, -0.15) is 21.6 Å². The van der Waals surface area contributed by atoms with Crippen molar-refractivity contribution in [2.75, 3.05) is 18.3 Å². The summed E-state index contributed by atoms with van der Waals surface area (Å²) in [6.45, 7) is 4.80. The summed E-state index contributed by atoms with van der Waals surface area (Å²) < 4.78 is 62.3. The molecule has 0 saturated heterocycles. The van der Waals surface area contributed by atoms with Gasteiger partial charge in [0.25, 0.3) is 0 Å². The fourth-order valence-electron chi connectivity index (χ4n) is 0.837. The van der Waals surface area contributed by atoms with E-state index in [0.717, 1.165) is 0 Å². The predicted molar refractivity (Wildman–Crippen MR) is 64.8 cm³/mol. The number of rotatable bonds is 4. The van der Waals surface area contributed by atoms with Gasteiger partial charge in [0.05, 0.1) is 5.75 Å². The van der Waals surface area contributed by atoms with Gasteiger partial charge in [-0.3, -0.25) is 4.79 Å².